The smallest absolute Gasteiger partial charge is 0.270 e. The van der Waals surface area contributed by atoms with Crippen molar-refractivity contribution in [2.24, 2.45) is 13.0 Å². The third-order valence-corrected chi connectivity index (χ3v) is 5.96. The van der Waals surface area contributed by atoms with Crippen molar-refractivity contribution in [3.05, 3.63) is 41.9 Å². The number of piperidine rings is 1. The Morgan fingerprint density at radius 1 is 1.27 bits per heavy atom. The second kappa shape index (κ2) is 7.15. The minimum atomic E-state index is 0.1000. The molecule has 1 aliphatic rings. The number of carbonyl (C=O) groups excluding carboxylic acids is 1. The number of thioether (sulfide) groups is 1. The van der Waals surface area contributed by atoms with Crippen LogP contribution in [0.2, 0.25) is 0 Å². The summed E-state index contributed by atoms with van der Waals surface area (Å²) in [5, 5.41) is 10.6. The molecule has 4 rings (SSSR count). The standard InChI is InChI=1S/C19H23N5OS/c1-23-17(21-22-19(23)26-2)11-13-7-9-24(10-8-13)18(25)16-12-14-5-3-4-6-15(14)20-16/h3-6,12-13,20H,7-11H2,1-2H3. The van der Waals surface area contributed by atoms with Crippen molar-refractivity contribution in [3.8, 4) is 0 Å². The highest BCUT2D eigenvalue weighted by molar-refractivity contribution is 7.98. The molecule has 3 heterocycles. The van der Waals surface area contributed by atoms with E-state index < -0.39 is 0 Å². The summed E-state index contributed by atoms with van der Waals surface area (Å²) in [6.07, 6.45) is 4.96. The number of nitrogens with zero attached hydrogens (tertiary/aromatic N) is 4. The normalized spacial score (nSPS) is 15.7. The first-order chi connectivity index (χ1) is 12.7. The second-order valence-corrected chi connectivity index (χ2v) is 7.65. The van der Waals surface area contributed by atoms with Gasteiger partial charge in [0.1, 0.15) is 11.5 Å². The first kappa shape index (κ1) is 17.1. The van der Waals surface area contributed by atoms with Crippen LogP contribution < -0.4 is 0 Å². The van der Waals surface area contributed by atoms with Crippen molar-refractivity contribution < 1.29 is 4.79 Å². The Morgan fingerprint density at radius 3 is 2.73 bits per heavy atom. The first-order valence-electron chi connectivity index (χ1n) is 8.95. The molecule has 1 aromatic carbocycles. The van der Waals surface area contributed by atoms with Crippen molar-refractivity contribution in [2.75, 3.05) is 19.3 Å². The molecular formula is C19H23N5OS. The van der Waals surface area contributed by atoms with Gasteiger partial charge < -0.3 is 14.5 Å². The maximum atomic E-state index is 12.8. The van der Waals surface area contributed by atoms with Crippen molar-refractivity contribution in [2.45, 2.75) is 24.4 Å². The summed E-state index contributed by atoms with van der Waals surface area (Å²) >= 11 is 1.61. The number of hydrogen-bond acceptors (Lipinski definition) is 4. The van der Waals surface area contributed by atoms with Gasteiger partial charge in [0.25, 0.3) is 5.91 Å². The second-order valence-electron chi connectivity index (χ2n) is 6.87. The third-order valence-electron chi connectivity index (χ3n) is 5.24. The van der Waals surface area contributed by atoms with Crippen LogP contribution in [0.5, 0.6) is 0 Å². The third kappa shape index (κ3) is 3.23. The van der Waals surface area contributed by atoms with Crippen LogP contribution in [0.4, 0.5) is 0 Å². The Morgan fingerprint density at radius 2 is 2.04 bits per heavy atom. The Hall–Kier alpha value is -2.28. The summed E-state index contributed by atoms with van der Waals surface area (Å²) < 4.78 is 2.08. The molecule has 0 saturated carbocycles. The van der Waals surface area contributed by atoms with Gasteiger partial charge in [-0.05, 0) is 37.1 Å². The Kier molecular flexibility index (Phi) is 4.72. The van der Waals surface area contributed by atoms with Gasteiger partial charge in [-0.3, -0.25) is 4.79 Å². The van der Waals surface area contributed by atoms with E-state index in [2.05, 4.69) is 19.7 Å². The minimum Gasteiger partial charge on any atom is -0.351 e. The molecule has 3 aromatic rings. The fourth-order valence-electron chi connectivity index (χ4n) is 3.66. The summed E-state index contributed by atoms with van der Waals surface area (Å²) in [6.45, 7) is 1.60. The average molecular weight is 369 g/mol. The fraction of sp³-hybridized carbons (Fsp3) is 0.421. The first-order valence-corrected chi connectivity index (χ1v) is 10.2. The molecule has 0 spiro atoms. The van der Waals surface area contributed by atoms with Crippen LogP contribution in [-0.4, -0.2) is 49.9 Å². The quantitative estimate of drug-likeness (QED) is 0.718. The molecule has 1 amide bonds. The number of H-pyrrole nitrogens is 1. The zero-order valence-corrected chi connectivity index (χ0v) is 15.9. The van der Waals surface area contributed by atoms with E-state index in [1.54, 1.807) is 11.8 Å². The number of aromatic amines is 1. The van der Waals surface area contributed by atoms with E-state index in [1.165, 1.54) is 0 Å². The van der Waals surface area contributed by atoms with E-state index in [-0.39, 0.29) is 5.91 Å². The number of aromatic nitrogens is 4. The highest BCUT2D eigenvalue weighted by Crippen LogP contribution is 2.24. The largest absolute Gasteiger partial charge is 0.351 e. The number of rotatable bonds is 4. The summed E-state index contributed by atoms with van der Waals surface area (Å²) in [4.78, 5) is 18.0. The monoisotopic (exact) mass is 369 g/mol. The Bertz CT molecular complexity index is 890. The van der Waals surface area contributed by atoms with Crippen LogP contribution in [0.15, 0.2) is 35.5 Å². The molecule has 2 aromatic heterocycles. The molecule has 1 aliphatic heterocycles. The minimum absolute atomic E-state index is 0.1000. The molecule has 0 bridgehead atoms. The van der Waals surface area contributed by atoms with E-state index in [0.29, 0.717) is 11.6 Å². The predicted octanol–water partition coefficient (Wildman–Crippen LogP) is 3.11. The molecule has 26 heavy (non-hydrogen) atoms. The van der Waals surface area contributed by atoms with Crippen molar-refractivity contribution >= 4 is 28.6 Å². The Labute approximate surface area is 157 Å². The van der Waals surface area contributed by atoms with Crippen molar-refractivity contribution in [3.63, 3.8) is 0 Å². The van der Waals surface area contributed by atoms with Crippen LogP contribution in [-0.2, 0) is 13.5 Å². The lowest BCUT2D eigenvalue weighted by Gasteiger charge is -2.31. The zero-order valence-electron chi connectivity index (χ0n) is 15.1. The van der Waals surface area contributed by atoms with E-state index in [9.17, 15) is 4.79 Å². The number of amides is 1. The van der Waals surface area contributed by atoms with Gasteiger partial charge in [-0.25, -0.2) is 0 Å². The van der Waals surface area contributed by atoms with Gasteiger partial charge in [0.2, 0.25) is 0 Å². The van der Waals surface area contributed by atoms with Crippen LogP contribution in [0.25, 0.3) is 10.9 Å². The number of para-hydroxylation sites is 1. The molecule has 0 atom stereocenters. The van der Waals surface area contributed by atoms with Crippen molar-refractivity contribution in [1.82, 2.24) is 24.6 Å². The maximum Gasteiger partial charge on any atom is 0.270 e. The molecule has 7 heteroatoms. The number of benzene rings is 1. The predicted molar refractivity (Wildman–Crippen MR) is 103 cm³/mol. The van der Waals surface area contributed by atoms with Gasteiger partial charge >= 0.3 is 0 Å². The highest BCUT2D eigenvalue weighted by atomic mass is 32.2. The number of likely N-dealkylation sites (tertiary alicyclic amines) is 1. The summed E-state index contributed by atoms with van der Waals surface area (Å²) in [6, 6.07) is 9.95. The summed E-state index contributed by atoms with van der Waals surface area (Å²) in [5.41, 5.74) is 1.69. The van der Waals surface area contributed by atoms with Crippen LogP contribution in [0, 0.1) is 5.92 Å². The number of carbonyl (C=O) groups is 1. The fourth-order valence-corrected chi connectivity index (χ4v) is 4.16. The van der Waals surface area contributed by atoms with Crippen LogP contribution >= 0.6 is 11.8 Å². The van der Waals surface area contributed by atoms with Gasteiger partial charge in [-0.2, -0.15) is 0 Å². The zero-order chi connectivity index (χ0) is 18.1. The number of fused-ring (bicyclic) bond motifs is 1. The number of hydrogen-bond donors (Lipinski definition) is 1. The SMILES string of the molecule is CSc1nnc(CC2CCN(C(=O)c3cc4ccccc4[nH]3)CC2)n1C. The molecule has 0 radical (unpaired) electrons. The van der Waals surface area contributed by atoms with Crippen LogP contribution in [0.1, 0.15) is 29.2 Å². The van der Waals surface area contributed by atoms with Crippen molar-refractivity contribution in [1.29, 1.82) is 0 Å². The van der Waals surface area contributed by atoms with Gasteiger partial charge in [-0.15, -0.1) is 10.2 Å². The topological polar surface area (TPSA) is 66.8 Å². The van der Waals surface area contributed by atoms with Gasteiger partial charge in [0, 0.05) is 37.5 Å². The van der Waals surface area contributed by atoms with E-state index in [4.69, 9.17) is 0 Å². The van der Waals surface area contributed by atoms with Gasteiger partial charge in [0.05, 0.1) is 0 Å². The summed E-state index contributed by atoms with van der Waals surface area (Å²) in [7, 11) is 2.02. The molecule has 1 fully saturated rings. The Balaban J connectivity index is 1.38. The highest BCUT2D eigenvalue weighted by Gasteiger charge is 2.26. The molecule has 1 N–H and O–H groups in total. The molecule has 0 aliphatic carbocycles. The van der Waals surface area contributed by atoms with Gasteiger partial charge in [-0.1, -0.05) is 30.0 Å². The van der Waals surface area contributed by atoms with E-state index in [0.717, 1.165) is 54.2 Å². The molecule has 0 unspecified atom stereocenters. The lowest BCUT2D eigenvalue weighted by atomic mass is 9.93. The molecular weight excluding hydrogens is 346 g/mol. The maximum absolute atomic E-state index is 12.8. The van der Waals surface area contributed by atoms with Crippen LogP contribution in [0.3, 0.4) is 0 Å². The molecule has 1 saturated heterocycles. The number of nitrogens with one attached hydrogen (secondary N) is 1. The lowest BCUT2D eigenvalue weighted by molar-refractivity contribution is 0.0684. The lowest BCUT2D eigenvalue weighted by Crippen LogP contribution is -2.39. The van der Waals surface area contributed by atoms with Gasteiger partial charge in [0.15, 0.2) is 5.16 Å². The molecule has 136 valence electrons. The summed E-state index contributed by atoms with van der Waals surface area (Å²) in [5.74, 6) is 1.69. The molecule has 6 nitrogen and oxygen atoms in total. The van der Waals surface area contributed by atoms with E-state index in [1.807, 2.05) is 48.5 Å². The average Bonchev–Trinajstić information content (AvgIpc) is 3.25. The van der Waals surface area contributed by atoms with E-state index >= 15 is 0 Å².